The highest BCUT2D eigenvalue weighted by molar-refractivity contribution is 5.80. The summed E-state index contributed by atoms with van der Waals surface area (Å²) in [5.41, 5.74) is 0.837. The number of amides is 2. The van der Waals surface area contributed by atoms with Crippen molar-refractivity contribution in [1.82, 2.24) is 10.2 Å². The van der Waals surface area contributed by atoms with Crippen LogP contribution in [0.1, 0.15) is 24.8 Å². The molecule has 1 aromatic rings. The maximum absolute atomic E-state index is 13.1. The number of aryl methyl sites for hydroxylation is 1. The van der Waals surface area contributed by atoms with Crippen molar-refractivity contribution < 1.29 is 14.0 Å². The lowest BCUT2D eigenvalue weighted by Crippen LogP contribution is -2.42. The Hall–Kier alpha value is -1.91. The van der Waals surface area contributed by atoms with Crippen molar-refractivity contribution >= 4 is 11.8 Å². The van der Waals surface area contributed by atoms with E-state index < -0.39 is 0 Å². The maximum atomic E-state index is 13.1. The van der Waals surface area contributed by atoms with Crippen molar-refractivity contribution in [1.29, 1.82) is 0 Å². The van der Waals surface area contributed by atoms with Crippen molar-refractivity contribution in [3.8, 4) is 0 Å². The third kappa shape index (κ3) is 4.28. The van der Waals surface area contributed by atoms with E-state index >= 15 is 0 Å². The summed E-state index contributed by atoms with van der Waals surface area (Å²) >= 11 is 0. The summed E-state index contributed by atoms with van der Waals surface area (Å²) in [5.74, 6) is -0.120. The molecule has 1 N–H and O–H groups in total. The number of likely N-dealkylation sites (tertiary alicyclic amines) is 1. The molecule has 1 saturated heterocycles. The maximum Gasteiger partial charge on any atom is 0.222 e. The average molecular weight is 292 g/mol. The van der Waals surface area contributed by atoms with Gasteiger partial charge in [-0.2, -0.15) is 0 Å². The van der Waals surface area contributed by atoms with E-state index in [9.17, 15) is 14.0 Å². The summed E-state index contributed by atoms with van der Waals surface area (Å²) in [4.78, 5) is 25.5. The Labute approximate surface area is 124 Å². The topological polar surface area (TPSA) is 49.4 Å². The van der Waals surface area contributed by atoms with Gasteiger partial charge < -0.3 is 10.2 Å². The highest BCUT2D eigenvalue weighted by Crippen LogP contribution is 2.18. The molecule has 2 amide bonds. The van der Waals surface area contributed by atoms with Crippen LogP contribution in [0.2, 0.25) is 0 Å². The molecular weight excluding hydrogens is 271 g/mol. The van der Waals surface area contributed by atoms with Crippen molar-refractivity contribution in [2.75, 3.05) is 20.1 Å². The lowest BCUT2D eigenvalue weighted by molar-refractivity contribution is -0.135. The number of nitrogens with zero attached hydrogens (tertiary/aromatic N) is 1. The lowest BCUT2D eigenvalue weighted by Gasteiger charge is -2.31. The zero-order valence-corrected chi connectivity index (χ0v) is 12.3. The molecule has 0 bridgehead atoms. The quantitative estimate of drug-likeness (QED) is 0.919. The Morgan fingerprint density at radius 1 is 1.33 bits per heavy atom. The number of rotatable bonds is 4. The molecule has 0 spiro atoms. The van der Waals surface area contributed by atoms with Gasteiger partial charge in [0, 0.05) is 32.5 Å². The standard InChI is InChI=1S/C16H21FN2O2/c1-18-16(21)13-7-9-19(10-8-13)15(20)6-5-12-3-2-4-14(17)11-12/h2-4,11,13H,5-10H2,1H3,(H,18,21). The molecule has 0 saturated carbocycles. The second-order valence-corrected chi connectivity index (χ2v) is 5.40. The first-order valence-electron chi connectivity index (χ1n) is 7.34. The van der Waals surface area contributed by atoms with Gasteiger partial charge in [-0.1, -0.05) is 12.1 Å². The van der Waals surface area contributed by atoms with Crippen LogP contribution in [-0.4, -0.2) is 36.9 Å². The average Bonchev–Trinajstić information content (AvgIpc) is 2.52. The molecule has 0 aromatic heterocycles. The molecule has 114 valence electrons. The van der Waals surface area contributed by atoms with Crippen molar-refractivity contribution in [2.24, 2.45) is 5.92 Å². The van der Waals surface area contributed by atoms with Gasteiger partial charge in [0.25, 0.3) is 0 Å². The zero-order chi connectivity index (χ0) is 15.2. The predicted octanol–water partition coefficient (Wildman–Crippen LogP) is 1.74. The second kappa shape index (κ2) is 7.20. The van der Waals surface area contributed by atoms with E-state index in [1.165, 1.54) is 12.1 Å². The van der Waals surface area contributed by atoms with Gasteiger partial charge in [-0.25, -0.2) is 4.39 Å². The van der Waals surface area contributed by atoms with E-state index in [0.717, 1.165) is 5.56 Å². The summed E-state index contributed by atoms with van der Waals surface area (Å²) in [6, 6.07) is 6.35. The predicted molar refractivity (Wildman–Crippen MR) is 78.1 cm³/mol. The van der Waals surface area contributed by atoms with Crippen molar-refractivity contribution in [3.63, 3.8) is 0 Å². The molecule has 1 heterocycles. The van der Waals surface area contributed by atoms with E-state index in [4.69, 9.17) is 0 Å². The zero-order valence-electron chi connectivity index (χ0n) is 12.3. The molecule has 4 nitrogen and oxygen atoms in total. The van der Waals surface area contributed by atoms with Crippen LogP contribution in [0.3, 0.4) is 0 Å². The smallest absolute Gasteiger partial charge is 0.222 e. The Bertz CT molecular complexity index is 511. The molecule has 1 aromatic carbocycles. The van der Waals surface area contributed by atoms with Crippen LogP contribution >= 0.6 is 0 Å². The fourth-order valence-electron chi connectivity index (χ4n) is 2.70. The molecule has 1 aliphatic rings. The summed E-state index contributed by atoms with van der Waals surface area (Å²) in [5, 5.41) is 2.65. The summed E-state index contributed by atoms with van der Waals surface area (Å²) in [6.07, 6.45) is 2.36. The summed E-state index contributed by atoms with van der Waals surface area (Å²) in [6.45, 7) is 1.25. The van der Waals surface area contributed by atoms with Crippen LogP contribution in [0.25, 0.3) is 0 Å². The van der Waals surface area contributed by atoms with Gasteiger partial charge in [0.15, 0.2) is 0 Å². The SMILES string of the molecule is CNC(=O)C1CCN(C(=O)CCc2cccc(F)c2)CC1. The highest BCUT2D eigenvalue weighted by atomic mass is 19.1. The molecule has 1 aliphatic heterocycles. The lowest BCUT2D eigenvalue weighted by atomic mass is 9.95. The number of hydrogen-bond donors (Lipinski definition) is 1. The molecule has 0 radical (unpaired) electrons. The number of halogens is 1. The van der Waals surface area contributed by atoms with Gasteiger partial charge in [0.2, 0.25) is 11.8 Å². The highest BCUT2D eigenvalue weighted by Gasteiger charge is 2.26. The largest absolute Gasteiger partial charge is 0.359 e. The molecule has 5 heteroatoms. The van der Waals surface area contributed by atoms with Crippen LogP contribution in [-0.2, 0) is 16.0 Å². The molecular formula is C16H21FN2O2. The van der Waals surface area contributed by atoms with E-state index in [1.54, 1.807) is 18.0 Å². The van der Waals surface area contributed by atoms with Crippen LogP contribution in [0.4, 0.5) is 4.39 Å². The minimum atomic E-state index is -0.272. The van der Waals surface area contributed by atoms with Crippen LogP contribution in [0, 0.1) is 11.7 Å². The van der Waals surface area contributed by atoms with Crippen LogP contribution in [0.15, 0.2) is 24.3 Å². The third-order valence-corrected chi connectivity index (χ3v) is 3.98. The Morgan fingerprint density at radius 2 is 2.05 bits per heavy atom. The molecule has 2 rings (SSSR count). The Balaban J connectivity index is 1.78. The number of carbonyl (C=O) groups is 2. The third-order valence-electron chi connectivity index (χ3n) is 3.98. The summed E-state index contributed by atoms with van der Waals surface area (Å²) < 4.78 is 13.1. The van der Waals surface area contributed by atoms with Crippen LogP contribution < -0.4 is 5.32 Å². The number of benzene rings is 1. The Kier molecular flexibility index (Phi) is 5.31. The van der Waals surface area contributed by atoms with Gasteiger partial charge in [-0.3, -0.25) is 9.59 Å². The first-order chi connectivity index (χ1) is 10.1. The van der Waals surface area contributed by atoms with Crippen molar-refractivity contribution in [3.05, 3.63) is 35.6 Å². The molecule has 0 aliphatic carbocycles. The molecule has 21 heavy (non-hydrogen) atoms. The summed E-state index contributed by atoms with van der Waals surface area (Å²) in [7, 11) is 1.64. The molecule has 0 atom stereocenters. The Morgan fingerprint density at radius 3 is 2.67 bits per heavy atom. The van der Waals surface area contributed by atoms with Gasteiger partial charge in [-0.05, 0) is 37.0 Å². The van der Waals surface area contributed by atoms with E-state index in [0.29, 0.717) is 38.8 Å². The van der Waals surface area contributed by atoms with Gasteiger partial charge >= 0.3 is 0 Å². The van der Waals surface area contributed by atoms with Crippen LogP contribution in [0.5, 0.6) is 0 Å². The van der Waals surface area contributed by atoms with E-state index in [1.807, 2.05) is 6.07 Å². The first kappa shape index (κ1) is 15.5. The normalized spacial score (nSPS) is 15.8. The van der Waals surface area contributed by atoms with Gasteiger partial charge in [0.05, 0.1) is 0 Å². The number of carbonyl (C=O) groups excluding carboxylic acids is 2. The minimum absolute atomic E-state index is 0.0160. The molecule has 0 unspecified atom stereocenters. The van der Waals surface area contributed by atoms with Gasteiger partial charge in [-0.15, -0.1) is 0 Å². The number of hydrogen-bond acceptors (Lipinski definition) is 2. The van der Waals surface area contributed by atoms with Gasteiger partial charge in [0.1, 0.15) is 5.82 Å². The van der Waals surface area contributed by atoms with E-state index in [-0.39, 0.29) is 23.5 Å². The van der Waals surface area contributed by atoms with E-state index in [2.05, 4.69) is 5.32 Å². The molecule has 1 fully saturated rings. The second-order valence-electron chi connectivity index (χ2n) is 5.40. The first-order valence-corrected chi connectivity index (χ1v) is 7.34. The fraction of sp³-hybridized carbons (Fsp3) is 0.500. The fourth-order valence-corrected chi connectivity index (χ4v) is 2.70. The number of nitrogens with one attached hydrogen (secondary N) is 1. The number of piperidine rings is 1. The minimum Gasteiger partial charge on any atom is -0.359 e. The monoisotopic (exact) mass is 292 g/mol. The van der Waals surface area contributed by atoms with Crippen molar-refractivity contribution in [2.45, 2.75) is 25.7 Å².